The molecule has 0 radical (unpaired) electrons. The van der Waals surface area contributed by atoms with Crippen molar-refractivity contribution in [1.29, 1.82) is 0 Å². The molecule has 0 saturated heterocycles. The van der Waals surface area contributed by atoms with E-state index >= 15 is 0 Å². The highest BCUT2D eigenvalue weighted by Crippen LogP contribution is 2.37. The van der Waals surface area contributed by atoms with E-state index in [9.17, 15) is 18.0 Å². The van der Waals surface area contributed by atoms with E-state index in [2.05, 4.69) is 10.3 Å². The Kier molecular flexibility index (Phi) is 6.30. The number of anilines is 2. The van der Waals surface area contributed by atoms with Crippen LogP contribution in [-0.2, 0) is 10.9 Å². The molecule has 7 heteroatoms. The Morgan fingerprint density at radius 2 is 1.69 bits per heavy atom. The minimum Gasteiger partial charge on any atom is -0.456 e. The van der Waals surface area contributed by atoms with Gasteiger partial charge >= 0.3 is 12.1 Å². The molecule has 32 heavy (non-hydrogen) atoms. The minimum absolute atomic E-state index is 0.0221. The molecule has 0 aliphatic rings. The van der Waals surface area contributed by atoms with E-state index in [4.69, 9.17) is 4.74 Å². The first-order valence-corrected chi connectivity index (χ1v) is 10.1. The third-order valence-corrected chi connectivity index (χ3v) is 4.64. The van der Waals surface area contributed by atoms with Gasteiger partial charge in [0, 0.05) is 5.56 Å². The first-order valence-electron chi connectivity index (χ1n) is 10.1. The molecule has 0 spiro atoms. The highest BCUT2D eigenvalue weighted by Gasteiger charge is 2.34. The molecule has 0 aliphatic carbocycles. The Hall–Kier alpha value is -3.35. The van der Waals surface area contributed by atoms with Crippen LogP contribution in [0, 0.1) is 13.8 Å². The molecule has 2 aromatic carbocycles. The van der Waals surface area contributed by atoms with E-state index in [0.717, 1.165) is 11.6 Å². The summed E-state index contributed by atoms with van der Waals surface area (Å²) in [4.78, 5) is 17.0. The van der Waals surface area contributed by atoms with Crippen LogP contribution in [0.5, 0.6) is 0 Å². The van der Waals surface area contributed by atoms with Crippen LogP contribution in [0.2, 0.25) is 0 Å². The summed E-state index contributed by atoms with van der Waals surface area (Å²) < 4.78 is 45.8. The van der Waals surface area contributed by atoms with E-state index in [0.29, 0.717) is 22.5 Å². The van der Waals surface area contributed by atoms with Crippen LogP contribution >= 0.6 is 0 Å². The number of carbonyl (C=O) groups is 1. The van der Waals surface area contributed by atoms with Gasteiger partial charge in [0.15, 0.2) is 0 Å². The molecule has 0 bridgehead atoms. The average molecular weight is 442 g/mol. The summed E-state index contributed by atoms with van der Waals surface area (Å²) in [6, 6.07) is 12.4. The molecule has 0 unspecified atom stereocenters. The number of carbonyl (C=O) groups excluding carboxylic acids is 1. The number of hydrogen-bond acceptors (Lipinski definition) is 4. The number of rotatable bonds is 4. The molecule has 0 fully saturated rings. The van der Waals surface area contributed by atoms with Gasteiger partial charge in [-0.05, 0) is 64.4 Å². The van der Waals surface area contributed by atoms with Gasteiger partial charge in [-0.25, -0.2) is 4.79 Å². The van der Waals surface area contributed by atoms with E-state index in [1.54, 1.807) is 52.0 Å². The Morgan fingerprint density at radius 1 is 1.00 bits per heavy atom. The number of pyridine rings is 1. The summed E-state index contributed by atoms with van der Waals surface area (Å²) in [6.45, 7) is 8.94. The molecule has 0 atom stereocenters. The molecule has 1 aromatic heterocycles. The number of ether oxygens (including phenoxy) is 1. The lowest BCUT2D eigenvalue weighted by atomic mass is 10.00. The maximum atomic E-state index is 13.4. The highest BCUT2D eigenvalue weighted by atomic mass is 19.4. The molecule has 0 aliphatic heterocycles. The van der Waals surface area contributed by atoms with Gasteiger partial charge in [0.25, 0.3) is 0 Å². The lowest BCUT2D eigenvalue weighted by Crippen LogP contribution is -2.24. The van der Waals surface area contributed by atoms with Crippen LogP contribution < -0.4 is 5.32 Å². The Morgan fingerprint density at radius 3 is 2.31 bits per heavy atom. The zero-order valence-electron chi connectivity index (χ0n) is 18.6. The van der Waals surface area contributed by atoms with Crippen molar-refractivity contribution in [3.05, 3.63) is 77.0 Å². The van der Waals surface area contributed by atoms with Crippen molar-refractivity contribution in [2.24, 2.45) is 0 Å². The summed E-state index contributed by atoms with van der Waals surface area (Å²) in [7, 11) is 0. The molecule has 3 rings (SSSR count). The summed E-state index contributed by atoms with van der Waals surface area (Å²) in [6.07, 6.45) is -3.03. The van der Waals surface area contributed by atoms with Gasteiger partial charge in [-0.3, -0.25) is 4.98 Å². The quantitative estimate of drug-likeness (QED) is 0.439. The summed E-state index contributed by atoms with van der Waals surface area (Å²) in [5, 5.41) is 3.15. The second kappa shape index (κ2) is 8.65. The number of hydrogen-bond donors (Lipinski definition) is 1. The summed E-state index contributed by atoms with van der Waals surface area (Å²) >= 11 is 0. The smallest absolute Gasteiger partial charge is 0.417 e. The maximum absolute atomic E-state index is 13.4. The monoisotopic (exact) mass is 442 g/mol. The predicted molar refractivity (Wildman–Crippen MR) is 119 cm³/mol. The third-order valence-electron chi connectivity index (χ3n) is 4.64. The highest BCUT2D eigenvalue weighted by molar-refractivity contribution is 5.97. The average Bonchev–Trinajstić information content (AvgIpc) is 2.67. The predicted octanol–water partition coefficient (Wildman–Crippen LogP) is 7.08. The SMILES string of the molecule is Cc1ccc(Nc2cnc(-c3ccccc3C(F)(F)F)c(C)c2)c(C(=O)OC(C)(C)C)c1. The molecule has 0 amide bonds. The number of aromatic nitrogens is 1. The van der Waals surface area contributed by atoms with Gasteiger partial charge in [-0.1, -0.05) is 29.8 Å². The standard InChI is InChI=1S/C25H25F3N2O2/c1-15-10-11-21(19(12-15)23(31)32-24(3,4)5)30-17-13-16(2)22(29-14-17)18-8-6-7-9-20(18)25(26,27)28/h6-14,30H,1-5H3. The molecule has 1 heterocycles. The van der Waals surface area contributed by atoms with Gasteiger partial charge in [0.2, 0.25) is 0 Å². The van der Waals surface area contributed by atoms with E-state index in [1.807, 2.05) is 13.0 Å². The molecule has 0 saturated carbocycles. The fourth-order valence-corrected chi connectivity index (χ4v) is 3.29. The van der Waals surface area contributed by atoms with Crippen molar-refractivity contribution in [1.82, 2.24) is 4.98 Å². The van der Waals surface area contributed by atoms with Gasteiger partial charge < -0.3 is 10.1 Å². The number of esters is 1. The van der Waals surface area contributed by atoms with Crippen molar-refractivity contribution < 1.29 is 22.7 Å². The second-order valence-electron chi connectivity index (χ2n) is 8.61. The number of aryl methyl sites for hydroxylation is 2. The van der Waals surface area contributed by atoms with E-state index in [-0.39, 0.29) is 11.3 Å². The maximum Gasteiger partial charge on any atom is 0.417 e. The zero-order valence-corrected chi connectivity index (χ0v) is 18.6. The first-order chi connectivity index (χ1) is 14.8. The summed E-state index contributed by atoms with van der Waals surface area (Å²) in [5.74, 6) is -0.468. The Bertz CT molecular complexity index is 1150. The van der Waals surface area contributed by atoms with Gasteiger partial charge in [-0.2, -0.15) is 13.2 Å². The van der Waals surface area contributed by atoms with E-state index < -0.39 is 23.3 Å². The normalized spacial score (nSPS) is 11.9. The van der Waals surface area contributed by atoms with Gasteiger partial charge in [0.1, 0.15) is 5.60 Å². The number of halogens is 3. The lowest BCUT2D eigenvalue weighted by Gasteiger charge is -2.21. The molecule has 168 valence electrons. The zero-order chi connectivity index (χ0) is 23.7. The second-order valence-corrected chi connectivity index (χ2v) is 8.61. The van der Waals surface area contributed by atoms with Crippen molar-refractivity contribution >= 4 is 17.3 Å². The van der Waals surface area contributed by atoms with Crippen LogP contribution in [0.3, 0.4) is 0 Å². The van der Waals surface area contributed by atoms with Crippen molar-refractivity contribution in [2.75, 3.05) is 5.32 Å². The molecule has 4 nitrogen and oxygen atoms in total. The van der Waals surface area contributed by atoms with Gasteiger partial charge in [-0.15, -0.1) is 0 Å². The molecule has 3 aromatic rings. The van der Waals surface area contributed by atoms with Crippen LogP contribution in [-0.4, -0.2) is 16.6 Å². The molecule has 1 N–H and O–H groups in total. The largest absolute Gasteiger partial charge is 0.456 e. The number of nitrogens with one attached hydrogen (secondary N) is 1. The molecular weight excluding hydrogens is 417 g/mol. The van der Waals surface area contributed by atoms with Crippen molar-refractivity contribution in [3.63, 3.8) is 0 Å². The van der Waals surface area contributed by atoms with E-state index in [1.165, 1.54) is 18.3 Å². The topological polar surface area (TPSA) is 51.2 Å². The van der Waals surface area contributed by atoms with Crippen LogP contribution in [0.4, 0.5) is 24.5 Å². The summed E-state index contributed by atoms with van der Waals surface area (Å²) in [5.41, 5.74) is 1.78. The van der Waals surface area contributed by atoms with Gasteiger partial charge in [0.05, 0.1) is 34.4 Å². The first kappa shape index (κ1) is 23.3. The fraction of sp³-hybridized carbons (Fsp3) is 0.280. The fourth-order valence-electron chi connectivity index (χ4n) is 3.29. The van der Waals surface area contributed by atoms with Crippen LogP contribution in [0.1, 0.15) is 47.8 Å². The van der Waals surface area contributed by atoms with Crippen LogP contribution in [0.15, 0.2) is 54.7 Å². The molecular formula is C25H25F3N2O2. The number of alkyl halides is 3. The Labute approximate surface area is 185 Å². The third kappa shape index (κ3) is 5.46. The number of nitrogens with zero attached hydrogens (tertiary/aromatic N) is 1. The Balaban J connectivity index is 1.95. The number of benzene rings is 2. The minimum atomic E-state index is -4.48. The lowest BCUT2D eigenvalue weighted by molar-refractivity contribution is -0.137. The van der Waals surface area contributed by atoms with Crippen LogP contribution in [0.25, 0.3) is 11.3 Å². The van der Waals surface area contributed by atoms with Crippen molar-refractivity contribution in [2.45, 2.75) is 46.4 Å². The van der Waals surface area contributed by atoms with Crippen molar-refractivity contribution in [3.8, 4) is 11.3 Å².